The third kappa shape index (κ3) is 2.96. The largest absolute Gasteiger partial charge is 0.351 e. The van der Waals surface area contributed by atoms with Gasteiger partial charge < -0.3 is 14.5 Å². The summed E-state index contributed by atoms with van der Waals surface area (Å²) in [4.78, 5) is 29.8. The minimum Gasteiger partial charge on any atom is -0.351 e. The Bertz CT molecular complexity index is 927. The lowest BCUT2D eigenvalue weighted by molar-refractivity contribution is -0.141. The van der Waals surface area contributed by atoms with Gasteiger partial charge in [0.05, 0.1) is 25.1 Å². The monoisotopic (exact) mass is 390 g/mol. The summed E-state index contributed by atoms with van der Waals surface area (Å²) in [7, 11) is 0. The third-order valence-electron chi connectivity index (χ3n) is 6.71. The van der Waals surface area contributed by atoms with Gasteiger partial charge in [0.1, 0.15) is 0 Å². The van der Waals surface area contributed by atoms with Crippen molar-refractivity contribution in [2.24, 2.45) is 0 Å². The highest BCUT2D eigenvalue weighted by atomic mass is 16.5. The summed E-state index contributed by atoms with van der Waals surface area (Å²) in [5, 5.41) is 0. The molecule has 0 radical (unpaired) electrons. The molecule has 0 aromatic heterocycles. The van der Waals surface area contributed by atoms with Crippen molar-refractivity contribution in [1.29, 1.82) is 0 Å². The van der Waals surface area contributed by atoms with E-state index in [1.165, 1.54) is 11.1 Å². The Morgan fingerprint density at radius 1 is 1.14 bits per heavy atom. The van der Waals surface area contributed by atoms with E-state index in [0.29, 0.717) is 32.4 Å². The minimum absolute atomic E-state index is 0.0590. The van der Waals surface area contributed by atoms with E-state index < -0.39 is 5.72 Å². The Kier molecular flexibility index (Phi) is 4.43. The maximum atomic E-state index is 13.0. The fourth-order valence-corrected chi connectivity index (χ4v) is 5.21. The summed E-state index contributed by atoms with van der Waals surface area (Å²) >= 11 is 0. The summed E-state index contributed by atoms with van der Waals surface area (Å²) in [6.45, 7) is 3.21. The van der Waals surface area contributed by atoms with Gasteiger partial charge in [-0.2, -0.15) is 0 Å². The number of rotatable bonds is 4. The highest BCUT2D eigenvalue weighted by Gasteiger charge is 2.65. The van der Waals surface area contributed by atoms with Crippen LogP contribution in [0.3, 0.4) is 0 Å². The Hall–Kier alpha value is -2.66. The second-order valence-corrected chi connectivity index (χ2v) is 8.39. The Morgan fingerprint density at radius 2 is 1.90 bits per heavy atom. The quantitative estimate of drug-likeness (QED) is 0.805. The molecule has 0 aliphatic carbocycles. The van der Waals surface area contributed by atoms with E-state index in [9.17, 15) is 9.59 Å². The summed E-state index contributed by atoms with van der Waals surface area (Å²) < 4.78 is 6.29. The van der Waals surface area contributed by atoms with Gasteiger partial charge in [-0.05, 0) is 24.5 Å². The molecule has 2 aromatic rings. The number of aryl methyl sites for hydroxylation is 2. The van der Waals surface area contributed by atoms with Crippen LogP contribution in [0.25, 0.3) is 0 Å². The molecule has 1 spiro atoms. The molecule has 2 amide bonds. The number of amides is 2. The molecule has 3 saturated heterocycles. The number of nitrogens with zero attached hydrogens (tertiary/aromatic N) is 2. The van der Waals surface area contributed by atoms with Crippen molar-refractivity contribution < 1.29 is 14.3 Å². The van der Waals surface area contributed by atoms with Gasteiger partial charge >= 0.3 is 0 Å². The van der Waals surface area contributed by atoms with Gasteiger partial charge in [0.25, 0.3) is 0 Å². The van der Waals surface area contributed by atoms with E-state index in [-0.39, 0.29) is 23.9 Å². The first-order valence-corrected chi connectivity index (χ1v) is 10.4. The Balaban J connectivity index is 1.32. The van der Waals surface area contributed by atoms with E-state index >= 15 is 0 Å². The van der Waals surface area contributed by atoms with Crippen LogP contribution in [-0.2, 0) is 20.7 Å². The number of ether oxygens (including phenoxy) is 1. The first kappa shape index (κ1) is 18.4. The maximum Gasteiger partial charge on any atom is 0.227 e. The molecule has 0 bridgehead atoms. The van der Waals surface area contributed by atoms with Gasteiger partial charge in [-0.1, -0.05) is 60.2 Å². The van der Waals surface area contributed by atoms with Crippen LogP contribution in [0.4, 0.5) is 0 Å². The zero-order valence-electron chi connectivity index (χ0n) is 16.7. The lowest BCUT2D eigenvalue weighted by Crippen LogP contribution is -2.49. The molecule has 150 valence electrons. The molecule has 0 saturated carbocycles. The molecule has 5 heteroatoms. The predicted molar refractivity (Wildman–Crippen MR) is 109 cm³/mol. The average Bonchev–Trinajstić information content (AvgIpc) is 3.37. The molecular formula is C24H26N2O3. The molecular weight excluding hydrogens is 364 g/mol. The van der Waals surface area contributed by atoms with E-state index in [0.717, 1.165) is 12.0 Å². The molecule has 5 nitrogen and oxygen atoms in total. The molecule has 29 heavy (non-hydrogen) atoms. The topological polar surface area (TPSA) is 49.9 Å². The molecule has 3 fully saturated rings. The maximum absolute atomic E-state index is 13.0. The van der Waals surface area contributed by atoms with Gasteiger partial charge in [-0.25, -0.2) is 0 Å². The first-order valence-electron chi connectivity index (χ1n) is 10.4. The number of carbonyl (C=O) groups is 2. The predicted octanol–water partition coefficient (Wildman–Crippen LogP) is 3.23. The lowest BCUT2D eigenvalue weighted by atomic mass is 10.0. The Labute approximate surface area is 171 Å². The van der Waals surface area contributed by atoms with Crippen molar-refractivity contribution in [3.05, 3.63) is 71.3 Å². The second kappa shape index (κ2) is 6.99. The number of hydrogen-bond donors (Lipinski definition) is 0. The molecule has 3 aliphatic rings. The van der Waals surface area contributed by atoms with Crippen molar-refractivity contribution in [2.75, 3.05) is 13.2 Å². The molecule has 3 aliphatic heterocycles. The van der Waals surface area contributed by atoms with Gasteiger partial charge in [0.15, 0.2) is 5.72 Å². The zero-order valence-corrected chi connectivity index (χ0v) is 16.7. The van der Waals surface area contributed by atoms with Crippen LogP contribution in [0.15, 0.2) is 54.6 Å². The van der Waals surface area contributed by atoms with Crippen LogP contribution in [0.1, 0.15) is 42.0 Å². The van der Waals surface area contributed by atoms with Crippen molar-refractivity contribution in [1.82, 2.24) is 9.80 Å². The standard InChI is InChI=1S/C24H26N2O3/c1-17-7-9-18(10-8-17)11-12-22(27)25-14-13-24-21(25)15-23(28)26(24)20(16-29-24)19-5-3-2-4-6-19/h2-10,20-21H,11-16H2,1H3/t20-,21+,24-/m0/s1. The summed E-state index contributed by atoms with van der Waals surface area (Å²) in [5.74, 6) is 0.214. The Morgan fingerprint density at radius 3 is 2.66 bits per heavy atom. The van der Waals surface area contributed by atoms with Crippen LogP contribution in [0.5, 0.6) is 0 Å². The third-order valence-corrected chi connectivity index (χ3v) is 6.71. The molecule has 0 unspecified atom stereocenters. The number of likely N-dealkylation sites (tertiary alicyclic amines) is 1. The first-order chi connectivity index (χ1) is 14.1. The SMILES string of the molecule is Cc1ccc(CCC(=O)N2CC[C@@]34OC[C@@H](c5ccccc5)N3C(=O)C[C@@H]24)cc1. The minimum atomic E-state index is -0.642. The summed E-state index contributed by atoms with van der Waals surface area (Å²) in [5.41, 5.74) is 2.85. The van der Waals surface area contributed by atoms with E-state index in [1.54, 1.807) is 0 Å². The van der Waals surface area contributed by atoms with Gasteiger partial charge in [-0.3, -0.25) is 9.59 Å². The van der Waals surface area contributed by atoms with Gasteiger partial charge in [-0.15, -0.1) is 0 Å². The average molecular weight is 390 g/mol. The molecule has 0 N–H and O–H groups in total. The van der Waals surface area contributed by atoms with Crippen LogP contribution in [0, 0.1) is 6.92 Å². The van der Waals surface area contributed by atoms with Crippen molar-refractivity contribution in [3.8, 4) is 0 Å². The molecule has 3 atom stereocenters. The van der Waals surface area contributed by atoms with Crippen molar-refractivity contribution in [3.63, 3.8) is 0 Å². The van der Waals surface area contributed by atoms with Crippen LogP contribution >= 0.6 is 0 Å². The van der Waals surface area contributed by atoms with Crippen LogP contribution in [-0.4, -0.2) is 46.5 Å². The van der Waals surface area contributed by atoms with E-state index in [1.807, 2.05) is 40.1 Å². The highest BCUT2D eigenvalue weighted by Crippen LogP contribution is 2.51. The summed E-state index contributed by atoms with van der Waals surface area (Å²) in [6, 6.07) is 18.2. The highest BCUT2D eigenvalue weighted by molar-refractivity contribution is 5.85. The van der Waals surface area contributed by atoms with Crippen molar-refractivity contribution in [2.45, 2.75) is 50.4 Å². The fourth-order valence-electron chi connectivity index (χ4n) is 5.21. The summed E-state index contributed by atoms with van der Waals surface area (Å²) in [6.07, 6.45) is 2.25. The van der Waals surface area contributed by atoms with Gasteiger partial charge in [0.2, 0.25) is 11.8 Å². The molecule has 3 heterocycles. The second-order valence-electron chi connectivity index (χ2n) is 8.39. The zero-order chi connectivity index (χ0) is 20.0. The lowest BCUT2D eigenvalue weighted by Gasteiger charge is -2.33. The van der Waals surface area contributed by atoms with E-state index in [2.05, 4.69) is 31.2 Å². The van der Waals surface area contributed by atoms with Gasteiger partial charge in [0, 0.05) is 19.4 Å². The number of benzene rings is 2. The number of hydrogen-bond acceptors (Lipinski definition) is 3. The van der Waals surface area contributed by atoms with Crippen LogP contribution < -0.4 is 0 Å². The molecule has 5 rings (SSSR count). The fraction of sp³-hybridized carbons (Fsp3) is 0.417. The van der Waals surface area contributed by atoms with Crippen LogP contribution in [0.2, 0.25) is 0 Å². The van der Waals surface area contributed by atoms with Crippen molar-refractivity contribution >= 4 is 11.8 Å². The smallest absolute Gasteiger partial charge is 0.227 e. The normalized spacial score (nSPS) is 28.0. The molecule has 2 aromatic carbocycles. The van der Waals surface area contributed by atoms with E-state index in [4.69, 9.17) is 4.74 Å². The number of carbonyl (C=O) groups excluding carboxylic acids is 2.